The molecule has 2 amide bonds. The van der Waals surface area contributed by atoms with Crippen molar-refractivity contribution < 1.29 is 19.1 Å². The number of amides is 2. The van der Waals surface area contributed by atoms with Gasteiger partial charge in [0.2, 0.25) is 5.91 Å². The summed E-state index contributed by atoms with van der Waals surface area (Å²) in [6.45, 7) is 7.93. The second-order valence-electron chi connectivity index (χ2n) is 7.82. The van der Waals surface area contributed by atoms with E-state index >= 15 is 0 Å². The number of rotatable bonds is 1. The summed E-state index contributed by atoms with van der Waals surface area (Å²) in [7, 11) is 0. The van der Waals surface area contributed by atoms with Gasteiger partial charge in [-0.1, -0.05) is 39.0 Å². The topological polar surface area (TPSA) is 59.1 Å². The van der Waals surface area contributed by atoms with Gasteiger partial charge in [-0.15, -0.1) is 0 Å². The van der Waals surface area contributed by atoms with Gasteiger partial charge in [-0.2, -0.15) is 0 Å². The maximum absolute atomic E-state index is 12.7. The number of anilines is 1. The highest BCUT2D eigenvalue weighted by molar-refractivity contribution is 5.95. The molecule has 0 radical (unpaired) electrons. The number of morpholine rings is 1. The van der Waals surface area contributed by atoms with Crippen LogP contribution in [0.1, 0.15) is 20.8 Å². The predicted octanol–water partition coefficient (Wildman–Crippen LogP) is 1.69. The molecule has 0 unspecified atom stereocenters. The molecule has 6 heteroatoms. The van der Waals surface area contributed by atoms with Gasteiger partial charge in [-0.05, 0) is 12.1 Å². The molecule has 3 rings (SSSR count). The SMILES string of the molecule is CC(C)(C)C(=O)N1CCOC[C@]2(C1)CN(c1ccccc1)C(=O)CO2. The minimum atomic E-state index is -0.693. The molecule has 2 heterocycles. The molecule has 0 aliphatic carbocycles. The summed E-state index contributed by atoms with van der Waals surface area (Å²) in [5.41, 5.74) is -0.316. The van der Waals surface area contributed by atoms with Gasteiger partial charge in [-0.25, -0.2) is 0 Å². The van der Waals surface area contributed by atoms with Crippen LogP contribution >= 0.6 is 0 Å². The number of para-hydroxylation sites is 1. The highest BCUT2D eigenvalue weighted by Gasteiger charge is 2.45. The Balaban J connectivity index is 1.84. The standard InChI is InChI=1S/C19H26N2O4/c1-18(2,3)17(23)20-9-10-24-14-19(12-20)13-21(16(22)11-25-19)15-7-5-4-6-8-15/h4-8H,9-14H2,1-3H3/t19-/m0/s1. The molecule has 1 spiro atoms. The summed E-state index contributed by atoms with van der Waals surface area (Å²) >= 11 is 0. The third-order valence-electron chi connectivity index (χ3n) is 4.60. The van der Waals surface area contributed by atoms with Gasteiger partial charge in [0.1, 0.15) is 12.2 Å². The Labute approximate surface area is 148 Å². The van der Waals surface area contributed by atoms with Crippen molar-refractivity contribution in [2.45, 2.75) is 26.4 Å². The summed E-state index contributed by atoms with van der Waals surface area (Å²) in [6, 6.07) is 9.55. The molecular weight excluding hydrogens is 320 g/mol. The van der Waals surface area contributed by atoms with Crippen molar-refractivity contribution in [2.24, 2.45) is 5.41 Å². The number of benzene rings is 1. The second kappa shape index (κ2) is 6.77. The van der Waals surface area contributed by atoms with Crippen LogP contribution in [0.5, 0.6) is 0 Å². The molecule has 2 fully saturated rings. The first kappa shape index (κ1) is 17.9. The molecule has 0 saturated carbocycles. The average molecular weight is 346 g/mol. The van der Waals surface area contributed by atoms with E-state index in [0.717, 1.165) is 5.69 Å². The van der Waals surface area contributed by atoms with E-state index < -0.39 is 11.0 Å². The van der Waals surface area contributed by atoms with Crippen molar-refractivity contribution in [3.8, 4) is 0 Å². The van der Waals surface area contributed by atoms with Gasteiger partial charge < -0.3 is 19.3 Å². The fourth-order valence-electron chi connectivity index (χ4n) is 3.29. The van der Waals surface area contributed by atoms with E-state index in [9.17, 15) is 9.59 Å². The Hall–Kier alpha value is -1.92. The Bertz CT molecular complexity index is 641. The number of hydrogen-bond acceptors (Lipinski definition) is 4. The molecular formula is C19H26N2O4. The van der Waals surface area contributed by atoms with Gasteiger partial charge in [0.05, 0.1) is 26.3 Å². The van der Waals surface area contributed by atoms with Crippen molar-refractivity contribution in [3.05, 3.63) is 30.3 Å². The molecule has 0 N–H and O–H groups in total. The van der Waals surface area contributed by atoms with E-state index in [-0.39, 0.29) is 18.4 Å². The van der Waals surface area contributed by atoms with E-state index in [1.165, 1.54) is 0 Å². The first-order valence-corrected chi connectivity index (χ1v) is 8.67. The van der Waals surface area contributed by atoms with Crippen molar-refractivity contribution >= 4 is 17.5 Å². The van der Waals surface area contributed by atoms with E-state index in [1.807, 2.05) is 56.0 Å². The molecule has 2 saturated heterocycles. The molecule has 2 aliphatic heterocycles. The number of carbonyl (C=O) groups excluding carboxylic acids is 2. The van der Waals surface area contributed by atoms with Crippen molar-refractivity contribution in [3.63, 3.8) is 0 Å². The van der Waals surface area contributed by atoms with E-state index in [0.29, 0.717) is 32.8 Å². The molecule has 1 aromatic rings. The number of hydrogen-bond donors (Lipinski definition) is 0. The lowest BCUT2D eigenvalue weighted by Crippen LogP contribution is -2.61. The fourth-order valence-corrected chi connectivity index (χ4v) is 3.29. The third-order valence-corrected chi connectivity index (χ3v) is 4.60. The quantitative estimate of drug-likeness (QED) is 0.776. The monoisotopic (exact) mass is 346 g/mol. The van der Waals surface area contributed by atoms with E-state index in [4.69, 9.17) is 9.47 Å². The maximum Gasteiger partial charge on any atom is 0.253 e. The third kappa shape index (κ3) is 3.85. The first-order valence-electron chi connectivity index (χ1n) is 8.67. The molecule has 1 atom stereocenters. The van der Waals surface area contributed by atoms with Crippen LogP contribution in [-0.2, 0) is 19.1 Å². The largest absolute Gasteiger partial charge is 0.376 e. The molecule has 0 bridgehead atoms. The molecule has 2 aliphatic rings. The Morgan fingerprint density at radius 3 is 2.56 bits per heavy atom. The van der Waals surface area contributed by atoms with Crippen LogP contribution in [0.4, 0.5) is 5.69 Å². The van der Waals surface area contributed by atoms with Crippen molar-refractivity contribution in [1.82, 2.24) is 4.90 Å². The smallest absolute Gasteiger partial charge is 0.253 e. The lowest BCUT2D eigenvalue weighted by Gasteiger charge is -2.43. The van der Waals surface area contributed by atoms with Gasteiger partial charge in [0.15, 0.2) is 0 Å². The van der Waals surface area contributed by atoms with Gasteiger partial charge in [0, 0.05) is 17.6 Å². The summed E-state index contributed by atoms with van der Waals surface area (Å²) in [5.74, 6) is -0.00101. The van der Waals surface area contributed by atoms with Crippen molar-refractivity contribution in [1.29, 1.82) is 0 Å². The first-order chi connectivity index (χ1) is 11.8. The maximum atomic E-state index is 12.7. The zero-order valence-corrected chi connectivity index (χ0v) is 15.2. The second-order valence-corrected chi connectivity index (χ2v) is 7.82. The van der Waals surface area contributed by atoms with Crippen LogP contribution in [0.2, 0.25) is 0 Å². The Morgan fingerprint density at radius 1 is 1.16 bits per heavy atom. The average Bonchev–Trinajstić information content (AvgIpc) is 2.79. The van der Waals surface area contributed by atoms with Crippen LogP contribution in [0.3, 0.4) is 0 Å². The summed E-state index contributed by atoms with van der Waals surface area (Å²) in [4.78, 5) is 28.7. The van der Waals surface area contributed by atoms with Gasteiger partial charge >= 0.3 is 0 Å². The van der Waals surface area contributed by atoms with Crippen molar-refractivity contribution in [2.75, 3.05) is 44.4 Å². The highest BCUT2D eigenvalue weighted by Crippen LogP contribution is 2.28. The predicted molar refractivity (Wildman–Crippen MR) is 94.3 cm³/mol. The lowest BCUT2D eigenvalue weighted by atomic mass is 9.93. The number of carbonyl (C=O) groups is 2. The Morgan fingerprint density at radius 2 is 1.88 bits per heavy atom. The number of nitrogens with zero attached hydrogens (tertiary/aromatic N) is 2. The van der Waals surface area contributed by atoms with Crippen LogP contribution < -0.4 is 4.90 Å². The minimum Gasteiger partial charge on any atom is -0.376 e. The summed E-state index contributed by atoms with van der Waals surface area (Å²) in [5, 5.41) is 0. The van der Waals surface area contributed by atoms with E-state index in [2.05, 4.69) is 0 Å². The van der Waals surface area contributed by atoms with Gasteiger partial charge in [-0.3, -0.25) is 9.59 Å². The van der Waals surface area contributed by atoms with E-state index in [1.54, 1.807) is 4.90 Å². The minimum absolute atomic E-state index is 0.00416. The molecule has 1 aromatic carbocycles. The summed E-state index contributed by atoms with van der Waals surface area (Å²) in [6.07, 6.45) is 0. The van der Waals surface area contributed by atoms with Crippen LogP contribution in [0.25, 0.3) is 0 Å². The van der Waals surface area contributed by atoms with Crippen LogP contribution in [0.15, 0.2) is 30.3 Å². The zero-order valence-electron chi connectivity index (χ0n) is 15.2. The van der Waals surface area contributed by atoms with Gasteiger partial charge in [0.25, 0.3) is 5.91 Å². The molecule has 136 valence electrons. The highest BCUT2D eigenvalue weighted by atomic mass is 16.6. The Kier molecular flexibility index (Phi) is 4.84. The molecule has 25 heavy (non-hydrogen) atoms. The lowest BCUT2D eigenvalue weighted by molar-refractivity contribution is -0.152. The normalized spacial score (nSPS) is 25.2. The number of ether oxygens (including phenoxy) is 2. The van der Waals surface area contributed by atoms with Crippen LogP contribution in [-0.4, -0.2) is 61.8 Å². The summed E-state index contributed by atoms with van der Waals surface area (Å²) < 4.78 is 11.7. The zero-order chi connectivity index (χ0) is 18.1. The fraction of sp³-hybridized carbons (Fsp3) is 0.579. The molecule has 0 aromatic heterocycles. The molecule has 6 nitrogen and oxygen atoms in total. The van der Waals surface area contributed by atoms with Crippen LogP contribution in [0, 0.1) is 5.41 Å².